The van der Waals surface area contributed by atoms with E-state index in [1.54, 1.807) is 0 Å². The van der Waals surface area contributed by atoms with Crippen LogP contribution < -0.4 is 0 Å². The number of hydrogen-bond acceptors (Lipinski definition) is 0. The number of hydrogen-bond donors (Lipinski definition) is 0. The van der Waals surface area contributed by atoms with Crippen molar-refractivity contribution >= 4 is 0 Å². The van der Waals surface area contributed by atoms with Crippen LogP contribution in [0.25, 0.3) is 0 Å². The van der Waals surface area contributed by atoms with Crippen LogP contribution in [0, 0.1) is 0 Å². The maximum atomic E-state index is 2.34. The van der Waals surface area contributed by atoms with E-state index >= 15 is 0 Å². The Labute approximate surface area is 72.6 Å². The van der Waals surface area contributed by atoms with E-state index in [1.165, 1.54) is 25.7 Å². The molecule has 0 saturated heterocycles. The number of unbranched alkanes of at least 4 members (excludes halogenated alkanes) is 3. The third-order valence-electron chi connectivity index (χ3n) is 0.957. The summed E-state index contributed by atoms with van der Waals surface area (Å²) in [5.74, 6) is 0. The van der Waals surface area contributed by atoms with Crippen molar-refractivity contribution in [1.29, 1.82) is 0 Å². The molecule has 54 valence electrons. The van der Waals surface area contributed by atoms with E-state index in [2.05, 4.69) is 22.8 Å². The third-order valence-corrected chi connectivity index (χ3v) is 0.957. The zero-order valence-electron chi connectivity index (χ0n) is 7.54. The monoisotopic (exact) mass is 230 g/mol. The first kappa shape index (κ1) is 12.6. The van der Waals surface area contributed by atoms with Crippen molar-refractivity contribution in [1.82, 2.24) is 0 Å². The fourth-order valence-electron chi connectivity index (χ4n) is 0.500. The van der Waals surface area contributed by atoms with Crippen molar-refractivity contribution in [3.63, 3.8) is 0 Å². The molecule has 0 aromatic rings. The first-order chi connectivity index (χ1) is 4.33. The first-order valence-corrected chi connectivity index (χ1v) is 12.4. The van der Waals surface area contributed by atoms with Crippen molar-refractivity contribution in [2.45, 2.75) is 48.5 Å². The van der Waals surface area contributed by atoms with E-state index in [9.17, 15) is 0 Å². The molecule has 0 spiro atoms. The average molecular weight is 229 g/mol. The molecule has 0 unspecified atom stereocenters. The first-order valence-electron chi connectivity index (χ1n) is 4.33. The van der Waals surface area contributed by atoms with E-state index < -0.39 is 0 Å². The van der Waals surface area contributed by atoms with E-state index in [1.807, 2.05) is 0 Å². The normalized spacial score (nSPS) is 7.11. The SMILES string of the molecule is CCCCCC.[CH3][Cd][CH3]. The molecule has 0 aromatic heterocycles. The summed E-state index contributed by atoms with van der Waals surface area (Å²) in [5.41, 5.74) is 0. The van der Waals surface area contributed by atoms with Crippen molar-refractivity contribution < 1.29 is 24.2 Å². The van der Waals surface area contributed by atoms with Gasteiger partial charge in [-0.1, -0.05) is 39.5 Å². The van der Waals surface area contributed by atoms with Gasteiger partial charge in [0.15, 0.2) is 0 Å². The van der Waals surface area contributed by atoms with Crippen molar-refractivity contribution in [2.75, 3.05) is 0 Å². The molecule has 0 fully saturated rings. The van der Waals surface area contributed by atoms with Gasteiger partial charge in [0.25, 0.3) is 0 Å². The summed E-state index contributed by atoms with van der Waals surface area (Å²) in [7, 11) is 0. The van der Waals surface area contributed by atoms with Crippen molar-refractivity contribution in [3.05, 3.63) is 0 Å². The van der Waals surface area contributed by atoms with Crippen LogP contribution in [0.3, 0.4) is 0 Å². The van der Waals surface area contributed by atoms with Gasteiger partial charge in [-0.25, -0.2) is 0 Å². The molecular weight excluding hydrogens is 208 g/mol. The Morgan fingerprint density at radius 1 is 0.889 bits per heavy atom. The molecule has 0 aromatic carbocycles. The molecule has 0 radical (unpaired) electrons. The minimum atomic E-state index is -0.01000. The minimum absolute atomic E-state index is 0.01000. The molecule has 0 aliphatic rings. The van der Waals surface area contributed by atoms with Gasteiger partial charge in [0, 0.05) is 0 Å². The zero-order valence-corrected chi connectivity index (χ0v) is 11.6. The standard InChI is InChI=1S/C6H14.2CH3.Cd/c1-3-5-6-4-2;;;/h3-6H2,1-2H3;2*1H3;. The summed E-state index contributed by atoms with van der Waals surface area (Å²) < 4.78 is 4.67. The summed E-state index contributed by atoms with van der Waals surface area (Å²) >= 11 is -0.01000. The quantitative estimate of drug-likeness (QED) is 0.510. The summed E-state index contributed by atoms with van der Waals surface area (Å²) in [6.07, 6.45) is 5.54. The van der Waals surface area contributed by atoms with Gasteiger partial charge >= 0.3 is 33.2 Å². The third kappa shape index (κ3) is 27.8. The van der Waals surface area contributed by atoms with Crippen LogP contribution in [0.4, 0.5) is 0 Å². The molecule has 0 N–H and O–H groups in total. The second-order valence-electron chi connectivity index (χ2n) is 2.41. The second kappa shape index (κ2) is 16.0. The second-order valence-corrected chi connectivity index (χ2v) is 6.45. The van der Waals surface area contributed by atoms with Crippen LogP contribution in [-0.2, 0) is 24.2 Å². The Kier molecular flexibility index (Phi) is 22.3. The molecule has 0 saturated carbocycles. The van der Waals surface area contributed by atoms with Gasteiger partial charge in [0.05, 0.1) is 0 Å². The van der Waals surface area contributed by atoms with Gasteiger partial charge in [-0.2, -0.15) is 0 Å². The van der Waals surface area contributed by atoms with Gasteiger partial charge in [-0.05, 0) is 0 Å². The Bertz CT molecular complexity index is 23.7. The predicted molar refractivity (Wildman–Crippen MR) is 41.5 cm³/mol. The van der Waals surface area contributed by atoms with Crippen LogP contribution in [0.15, 0.2) is 0 Å². The van der Waals surface area contributed by atoms with Crippen LogP contribution in [0.5, 0.6) is 0 Å². The van der Waals surface area contributed by atoms with E-state index in [-0.39, 0.29) is 24.2 Å². The van der Waals surface area contributed by atoms with Gasteiger partial charge in [-0.3, -0.25) is 0 Å². The molecule has 1 heteroatoms. The van der Waals surface area contributed by atoms with Crippen molar-refractivity contribution in [2.24, 2.45) is 0 Å². The van der Waals surface area contributed by atoms with Gasteiger partial charge in [0.1, 0.15) is 0 Å². The summed E-state index contributed by atoms with van der Waals surface area (Å²) in [6, 6.07) is 0. The molecule has 0 heterocycles. The predicted octanol–water partition coefficient (Wildman–Crippen LogP) is 3.75. The topological polar surface area (TPSA) is 0 Å². The van der Waals surface area contributed by atoms with Crippen LogP contribution in [-0.4, -0.2) is 0 Å². The van der Waals surface area contributed by atoms with Gasteiger partial charge < -0.3 is 0 Å². The Hall–Kier alpha value is 0.922. The molecule has 0 amide bonds. The maximum absolute atomic E-state index is 2.34. The molecule has 0 nitrogen and oxygen atoms in total. The average Bonchev–Trinajstić information content (AvgIpc) is 1.86. The van der Waals surface area contributed by atoms with Crippen LogP contribution >= 0.6 is 0 Å². The number of rotatable bonds is 3. The Balaban J connectivity index is 0. The molecular formula is C8H20Cd. The van der Waals surface area contributed by atoms with E-state index in [0.717, 1.165) is 0 Å². The molecule has 0 atom stereocenters. The molecule has 9 heavy (non-hydrogen) atoms. The van der Waals surface area contributed by atoms with Crippen molar-refractivity contribution in [3.8, 4) is 0 Å². The fraction of sp³-hybridized carbons (Fsp3) is 1.00. The zero-order chi connectivity index (χ0) is 7.54. The van der Waals surface area contributed by atoms with E-state index in [4.69, 9.17) is 0 Å². The molecule has 0 aliphatic heterocycles. The van der Waals surface area contributed by atoms with Gasteiger partial charge in [0.2, 0.25) is 0 Å². The van der Waals surface area contributed by atoms with E-state index in [0.29, 0.717) is 0 Å². The molecule has 0 bridgehead atoms. The summed E-state index contributed by atoms with van der Waals surface area (Å²) in [5, 5.41) is 0. The Morgan fingerprint density at radius 2 is 1.11 bits per heavy atom. The summed E-state index contributed by atoms with van der Waals surface area (Å²) in [6.45, 7) is 4.46. The van der Waals surface area contributed by atoms with Gasteiger partial charge in [-0.15, -0.1) is 0 Å². The molecule has 0 rings (SSSR count). The fourth-order valence-corrected chi connectivity index (χ4v) is 0.500. The summed E-state index contributed by atoms with van der Waals surface area (Å²) in [4.78, 5) is 0. The van der Waals surface area contributed by atoms with Crippen LogP contribution in [0.1, 0.15) is 39.5 Å². The molecule has 0 aliphatic carbocycles. The van der Waals surface area contributed by atoms with Crippen LogP contribution in [0.2, 0.25) is 8.97 Å². The Morgan fingerprint density at radius 3 is 1.22 bits per heavy atom.